The van der Waals surface area contributed by atoms with Crippen LogP contribution in [0.15, 0.2) is 24.3 Å². The molecule has 1 N–H and O–H groups in total. The van der Waals surface area contributed by atoms with Gasteiger partial charge in [-0.15, -0.1) is 0 Å². The molecule has 0 bridgehead atoms. The van der Waals surface area contributed by atoms with Crippen molar-refractivity contribution in [3.8, 4) is 0 Å². The fourth-order valence-corrected chi connectivity index (χ4v) is 2.34. The molecular weight excluding hydrogens is 249 g/mol. The number of likely N-dealkylation sites (tertiary alicyclic amines) is 1. The van der Waals surface area contributed by atoms with Crippen molar-refractivity contribution >= 4 is 11.9 Å². The Hall–Kier alpha value is -1.91. The van der Waals surface area contributed by atoms with Crippen LogP contribution < -0.4 is 0 Å². The number of carbonyl (C=O) groups is 2. The Morgan fingerprint density at radius 1 is 1.42 bits per heavy atom. The minimum atomic E-state index is -0.858. The first-order chi connectivity index (χ1) is 9.06. The van der Waals surface area contributed by atoms with Gasteiger partial charge < -0.3 is 10.0 Å². The molecule has 102 valence electrons. The lowest BCUT2D eigenvalue weighted by atomic mass is 9.97. The summed E-state index contributed by atoms with van der Waals surface area (Å²) in [6, 6.07) is 5.92. The number of halogens is 1. The summed E-state index contributed by atoms with van der Waals surface area (Å²) in [5, 5.41) is 8.98. The van der Waals surface area contributed by atoms with Crippen LogP contribution in [0.4, 0.5) is 4.39 Å². The third kappa shape index (κ3) is 3.53. The van der Waals surface area contributed by atoms with E-state index in [-0.39, 0.29) is 24.7 Å². The number of rotatable bonds is 3. The predicted octanol–water partition coefficient (Wildman–Crippen LogP) is 1.69. The smallest absolute Gasteiger partial charge is 0.308 e. The molecule has 5 heteroatoms. The second kappa shape index (κ2) is 5.82. The van der Waals surface area contributed by atoms with E-state index in [2.05, 4.69) is 0 Å². The molecule has 1 aliphatic rings. The molecule has 0 radical (unpaired) electrons. The van der Waals surface area contributed by atoms with Crippen molar-refractivity contribution in [1.29, 1.82) is 0 Å². The second-order valence-electron chi connectivity index (χ2n) is 4.82. The first-order valence-corrected chi connectivity index (χ1v) is 6.31. The van der Waals surface area contributed by atoms with E-state index in [1.165, 1.54) is 12.1 Å². The third-order valence-electron chi connectivity index (χ3n) is 3.37. The molecule has 1 heterocycles. The maximum absolute atomic E-state index is 13.0. The lowest BCUT2D eigenvalue weighted by Crippen LogP contribution is -2.43. The Morgan fingerprint density at radius 3 is 2.89 bits per heavy atom. The van der Waals surface area contributed by atoms with Crippen LogP contribution in [0, 0.1) is 11.7 Å². The summed E-state index contributed by atoms with van der Waals surface area (Å²) in [5.41, 5.74) is 0.613. The van der Waals surface area contributed by atoms with Gasteiger partial charge in [0.05, 0.1) is 12.3 Å². The van der Waals surface area contributed by atoms with Crippen molar-refractivity contribution in [2.75, 3.05) is 13.1 Å². The van der Waals surface area contributed by atoms with Gasteiger partial charge in [0.2, 0.25) is 5.91 Å². The van der Waals surface area contributed by atoms with Crippen molar-refractivity contribution in [3.05, 3.63) is 35.6 Å². The molecule has 1 aromatic carbocycles. The zero-order valence-electron chi connectivity index (χ0n) is 10.5. The number of amides is 1. The molecule has 1 saturated heterocycles. The number of nitrogens with zero attached hydrogens (tertiary/aromatic N) is 1. The number of hydrogen-bond donors (Lipinski definition) is 1. The summed E-state index contributed by atoms with van der Waals surface area (Å²) >= 11 is 0. The van der Waals surface area contributed by atoms with Gasteiger partial charge in [0, 0.05) is 13.1 Å². The Morgan fingerprint density at radius 2 is 2.21 bits per heavy atom. The minimum absolute atomic E-state index is 0.115. The number of aliphatic carboxylic acids is 1. The molecular formula is C14H16FNO3. The van der Waals surface area contributed by atoms with Gasteiger partial charge in [-0.3, -0.25) is 9.59 Å². The van der Waals surface area contributed by atoms with Gasteiger partial charge in [-0.2, -0.15) is 0 Å². The summed E-state index contributed by atoms with van der Waals surface area (Å²) in [7, 11) is 0. The van der Waals surface area contributed by atoms with E-state index < -0.39 is 11.9 Å². The van der Waals surface area contributed by atoms with Crippen LogP contribution in [-0.4, -0.2) is 35.0 Å². The van der Waals surface area contributed by atoms with Gasteiger partial charge in [0.25, 0.3) is 0 Å². The molecule has 0 aliphatic carbocycles. The van der Waals surface area contributed by atoms with Gasteiger partial charge in [-0.05, 0) is 30.5 Å². The summed E-state index contributed by atoms with van der Waals surface area (Å²) < 4.78 is 13.0. The predicted molar refractivity (Wildman–Crippen MR) is 67.0 cm³/mol. The monoisotopic (exact) mass is 265 g/mol. The zero-order valence-corrected chi connectivity index (χ0v) is 10.5. The van der Waals surface area contributed by atoms with Crippen LogP contribution in [0.1, 0.15) is 18.4 Å². The number of carboxylic acids is 1. The lowest BCUT2D eigenvalue weighted by molar-refractivity contribution is -0.145. The number of carbonyl (C=O) groups excluding carboxylic acids is 1. The Kier molecular flexibility index (Phi) is 4.14. The molecule has 0 unspecified atom stereocenters. The molecule has 0 aromatic heterocycles. The molecule has 2 rings (SSSR count). The van der Waals surface area contributed by atoms with Crippen LogP contribution >= 0.6 is 0 Å². The van der Waals surface area contributed by atoms with Gasteiger partial charge in [-0.25, -0.2) is 4.39 Å². The molecule has 1 atom stereocenters. The minimum Gasteiger partial charge on any atom is -0.481 e. The molecule has 1 aromatic rings. The normalized spacial score (nSPS) is 19.2. The topological polar surface area (TPSA) is 57.6 Å². The fraction of sp³-hybridized carbons (Fsp3) is 0.429. The average Bonchev–Trinajstić information content (AvgIpc) is 2.39. The highest BCUT2D eigenvalue weighted by molar-refractivity contribution is 5.80. The second-order valence-corrected chi connectivity index (χ2v) is 4.82. The van der Waals surface area contributed by atoms with Crippen LogP contribution in [-0.2, 0) is 16.0 Å². The van der Waals surface area contributed by atoms with Crippen molar-refractivity contribution in [1.82, 2.24) is 4.90 Å². The zero-order chi connectivity index (χ0) is 13.8. The first kappa shape index (κ1) is 13.5. The summed E-state index contributed by atoms with van der Waals surface area (Å²) in [6.07, 6.45) is 1.43. The number of benzene rings is 1. The summed E-state index contributed by atoms with van der Waals surface area (Å²) in [5.74, 6) is -1.85. The third-order valence-corrected chi connectivity index (χ3v) is 3.37. The standard InChI is InChI=1S/C14H16FNO3/c15-12-5-1-3-10(7-12)8-13(17)16-6-2-4-11(9-16)14(18)19/h1,3,5,7,11H,2,4,6,8-9H2,(H,18,19)/t11-/m1/s1. The van der Waals surface area contributed by atoms with Crippen LogP contribution in [0.25, 0.3) is 0 Å². The molecule has 0 spiro atoms. The molecule has 19 heavy (non-hydrogen) atoms. The van der Waals surface area contributed by atoms with E-state index in [1.54, 1.807) is 17.0 Å². The van der Waals surface area contributed by atoms with Crippen LogP contribution in [0.3, 0.4) is 0 Å². The Balaban J connectivity index is 1.98. The molecule has 0 saturated carbocycles. The Bertz CT molecular complexity index is 489. The molecule has 1 fully saturated rings. The summed E-state index contributed by atoms with van der Waals surface area (Å²) in [4.78, 5) is 24.6. The quantitative estimate of drug-likeness (QED) is 0.904. The van der Waals surface area contributed by atoms with Crippen LogP contribution in [0.2, 0.25) is 0 Å². The van der Waals surface area contributed by atoms with E-state index in [0.717, 1.165) is 0 Å². The summed E-state index contributed by atoms with van der Waals surface area (Å²) in [6.45, 7) is 0.835. The fourth-order valence-electron chi connectivity index (χ4n) is 2.34. The van der Waals surface area contributed by atoms with Crippen molar-refractivity contribution in [3.63, 3.8) is 0 Å². The Labute approximate surface area is 110 Å². The largest absolute Gasteiger partial charge is 0.481 e. The SMILES string of the molecule is O=C(O)[C@@H]1CCCN(C(=O)Cc2cccc(F)c2)C1. The highest BCUT2D eigenvalue weighted by atomic mass is 19.1. The molecule has 4 nitrogen and oxygen atoms in total. The first-order valence-electron chi connectivity index (χ1n) is 6.31. The molecule has 1 aliphatic heterocycles. The van der Waals surface area contributed by atoms with Crippen molar-refractivity contribution in [2.45, 2.75) is 19.3 Å². The van der Waals surface area contributed by atoms with E-state index >= 15 is 0 Å². The number of hydrogen-bond acceptors (Lipinski definition) is 2. The van der Waals surface area contributed by atoms with E-state index in [4.69, 9.17) is 5.11 Å². The number of carboxylic acid groups (broad SMARTS) is 1. The van der Waals surface area contributed by atoms with Crippen molar-refractivity contribution in [2.24, 2.45) is 5.92 Å². The van der Waals surface area contributed by atoms with Gasteiger partial charge >= 0.3 is 5.97 Å². The van der Waals surface area contributed by atoms with E-state index in [1.807, 2.05) is 0 Å². The molecule has 1 amide bonds. The van der Waals surface area contributed by atoms with Gasteiger partial charge in [0.1, 0.15) is 5.82 Å². The highest BCUT2D eigenvalue weighted by Crippen LogP contribution is 2.17. The van der Waals surface area contributed by atoms with Crippen LogP contribution in [0.5, 0.6) is 0 Å². The van der Waals surface area contributed by atoms with Gasteiger partial charge in [-0.1, -0.05) is 12.1 Å². The maximum atomic E-state index is 13.0. The number of piperidine rings is 1. The van der Waals surface area contributed by atoms with E-state index in [9.17, 15) is 14.0 Å². The van der Waals surface area contributed by atoms with Gasteiger partial charge in [0.15, 0.2) is 0 Å². The lowest BCUT2D eigenvalue weighted by Gasteiger charge is -2.30. The van der Waals surface area contributed by atoms with Crippen molar-refractivity contribution < 1.29 is 19.1 Å². The highest BCUT2D eigenvalue weighted by Gasteiger charge is 2.27. The average molecular weight is 265 g/mol. The maximum Gasteiger partial charge on any atom is 0.308 e. The van der Waals surface area contributed by atoms with E-state index in [0.29, 0.717) is 24.9 Å².